The molecule has 3 heterocycles. The maximum atomic E-state index is 10.9. The highest BCUT2D eigenvalue weighted by molar-refractivity contribution is 7.22. The molecule has 0 fully saturated rings. The van der Waals surface area contributed by atoms with Crippen LogP contribution in [0.3, 0.4) is 0 Å². The lowest BCUT2D eigenvalue weighted by molar-refractivity contribution is -0.384. The minimum Gasteiger partial charge on any atom is -0.313 e. The maximum Gasteiger partial charge on any atom is 0.270 e. The summed E-state index contributed by atoms with van der Waals surface area (Å²) in [5.74, 6) is 0.521. The zero-order valence-electron chi connectivity index (χ0n) is 13.1. The first-order valence-electron chi connectivity index (χ1n) is 7.42. The van der Waals surface area contributed by atoms with Crippen LogP contribution in [0.5, 0.6) is 0 Å². The number of nitrogens with zero attached hydrogens (tertiary/aromatic N) is 5. The van der Waals surface area contributed by atoms with Crippen LogP contribution in [0.2, 0.25) is 0 Å². The van der Waals surface area contributed by atoms with Crippen molar-refractivity contribution in [2.24, 2.45) is 0 Å². The molecule has 1 aromatic carbocycles. The number of non-ortho nitro benzene ring substituents is 1. The Morgan fingerprint density at radius 1 is 1.00 bits per heavy atom. The van der Waals surface area contributed by atoms with Crippen LogP contribution in [0.15, 0.2) is 53.9 Å². The van der Waals surface area contributed by atoms with E-state index in [-0.39, 0.29) is 5.69 Å². The highest BCUT2D eigenvalue weighted by Gasteiger charge is 2.10. The van der Waals surface area contributed by atoms with Gasteiger partial charge in [0.2, 0.25) is 5.13 Å². The molecule has 26 heavy (non-hydrogen) atoms. The van der Waals surface area contributed by atoms with Crippen molar-refractivity contribution in [2.75, 3.05) is 5.32 Å². The lowest BCUT2D eigenvalue weighted by atomic mass is 10.1. The second kappa shape index (κ2) is 6.94. The van der Waals surface area contributed by atoms with Crippen molar-refractivity contribution in [3.8, 4) is 21.1 Å². The van der Waals surface area contributed by atoms with E-state index >= 15 is 0 Å². The Morgan fingerprint density at radius 2 is 1.92 bits per heavy atom. The molecule has 0 saturated carbocycles. The number of nitro groups is 1. The number of benzene rings is 1. The Hall–Kier alpha value is -3.24. The smallest absolute Gasteiger partial charge is 0.270 e. The van der Waals surface area contributed by atoms with Gasteiger partial charge in [0.1, 0.15) is 0 Å². The molecule has 0 amide bonds. The van der Waals surface area contributed by atoms with Gasteiger partial charge in [0.25, 0.3) is 5.69 Å². The van der Waals surface area contributed by atoms with Crippen molar-refractivity contribution in [3.63, 3.8) is 0 Å². The molecular weight excluding hydrogens is 372 g/mol. The summed E-state index contributed by atoms with van der Waals surface area (Å²) in [6.07, 6.45) is 0. The minimum absolute atomic E-state index is 0.0152. The number of nitrogens with one attached hydrogen (secondary N) is 1. The molecule has 0 radical (unpaired) electrons. The molecule has 1 N–H and O–H groups in total. The second-order valence-corrected chi connectivity index (χ2v) is 7.05. The van der Waals surface area contributed by atoms with Gasteiger partial charge in [-0.05, 0) is 23.6 Å². The van der Waals surface area contributed by atoms with E-state index in [0.29, 0.717) is 22.2 Å². The molecule has 0 atom stereocenters. The van der Waals surface area contributed by atoms with E-state index in [1.807, 2.05) is 17.5 Å². The number of rotatable bonds is 5. The van der Waals surface area contributed by atoms with Crippen LogP contribution in [0.1, 0.15) is 0 Å². The molecule has 4 aromatic rings. The van der Waals surface area contributed by atoms with Crippen molar-refractivity contribution < 1.29 is 4.92 Å². The van der Waals surface area contributed by atoms with Crippen LogP contribution in [0.25, 0.3) is 21.1 Å². The Bertz CT molecular complexity index is 1050. The third kappa shape index (κ3) is 3.41. The molecule has 0 saturated heterocycles. The molecule has 0 bridgehead atoms. The molecule has 0 spiro atoms. The molecule has 4 rings (SSSR count). The third-order valence-corrected chi connectivity index (χ3v) is 5.29. The first kappa shape index (κ1) is 16.2. The summed E-state index contributed by atoms with van der Waals surface area (Å²) >= 11 is 3.03. The predicted molar refractivity (Wildman–Crippen MR) is 101 cm³/mol. The summed E-state index contributed by atoms with van der Waals surface area (Å²) in [6, 6.07) is 13.7. The maximum absolute atomic E-state index is 10.9. The monoisotopic (exact) mass is 382 g/mol. The van der Waals surface area contributed by atoms with Crippen LogP contribution >= 0.6 is 22.7 Å². The van der Waals surface area contributed by atoms with Crippen LogP contribution in [-0.4, -0.2) is 25.3 Å². The Morgan fingerprint density at radius 3 is 2.65 bits per heavy atom. The summed E-state index contributed by atoms with van der Waals surface area (Å²) in [6.45, 7) is 0. The fourth-order valence-corrected chi connectivity index (χ4v) is 3.76. The summed E-state index contributed by atoms with van der Waals surface area (Å²) < 4.78 is 0. The van der Waals surface area contributed by atoms with Gasteiger partial charge in [-0.3, -0.25) is 10.1 Å². The highest BCUT2D eigenvalue weighted by atomic mass is 32.1. The lowest BCUT2D eigenvalue weighted by Gasteiger charge is -2.02. The van der Waals surface area contributed by atoms with Crippen LogP contribution in [0.4, 0.5) is 16.6 Å². The molecule has 10 heteroatoms. The van der Waals surface area contributed by atoms with Crippen LogP contribution < -0.4 is 5.32 Å². The SMILES string of the molecule is O=[N+]([O-])c1cccc(-c2ccc(Nc3nnc(-c4cccs4)s3)nn2)c1. The van der Waals surface area contributed by atoms with Crippen molar-refractivity contribution in [1.82, 2.24) is 20.4 Å². The molecular formula is C16H10N6O2S2. The summed E-state index contributed by atoms with van der Waals surface area (Å²) in [5.41, 5.74) is 1.20. The van der Waals surface area contributed by atoms with Crippen molar-refractivity contribution >= 4 is 39.3 Å². The number of nitro benzene ring substituents is 1. The van der Waals surface area contributed by atoms with Gasteiger partial charge in [0, 0.05) is 17.7 Å². The third-order valence-electron chi connectivity index (χ3n) is 3.41. The summed E-state index contributed by atoms with van der Waals surface area (Å²) in [7, 11) is 0. The standard InChI is InChI=1S/C16H10N6O2S2/c23-22(24)11-4-1-3-10(9-11)12-6-7-14(19-18-12)17-16-21-20-15(26-16)13-5-2-8-25-13/h1-9H,(H,17,19,21). The number of hydrogen-bond donors (Lipinski definition) is 1. The molecule has 128 valence electrons. The van der Waals surface area contributed by atoms with E-state index in [2.05, 4.69) is 25.7 Å². The predicted octanol–water partition coefficient (Wildman–Crippen LogP) is 4.38. The fraction of sp³-hybridized carbons (Fsp3) is 0. The number of anilines is 2. The Labute approximate surface area is 155 Å². The topological polar surface area (TPSA) is 107 Å². The van der Waals surface area contributed by atoms with Gasteiger partial charge in [-0.25, -0.2) is 0 Å². The van der Waals surface area contributed by atoms with Gasteiger partial charge in [-0.15, -0.1) is 31.7 Å². The second-order valence-electron chi connectivity index (χ2n) is 5.13. The van der Waals surface area contributed by atoms with Gasteiger partial charge in [0.05, 0.1) is 15.5 Å². The van der Waals surface area contributed by atoms with Crippen molar-refractivity contribution in [3.05, 3.63) is 64.0 Å². The molecule has 0 aliphatic heterocycles. The number of thiophene rings is 1. The fourth-order valence-electron chi connectivity index (χ4n) is 2.21. The zero-order chi connectivity index (χ0) is 17.9. The number of hydrogen-bond acceptors (Lipinski definition) is 9. The largest absolute Gasteiger partial charge is 0.313 e. The average molecular weight is 382 g/mol. The van der Waals surface area contributed by atoms with Gasteiger partial charge in [0.15, 0.2) is 10.8 Å². The van der Waals surface area contributed by atoms with Gasteiger partial charge < -0.3 is 5.32 Å². The Balaban J connectivity index is 1.51. The molecule has 8 nitrogen and oxygen atoms in total. The Kier molecular flexibility index (Phi) is 4.33. The van der Waals surface area contributed by atoms with E-state index in [4.69, 9.17) is 0 Å². The van der Waals surface area contributed by atoms with Gasteiger partial charge in [-0.2, -0.15) is 0 Å². The van der Waals surface area contributed by atoms with Crippen LogP contribution in [-0.2, 0) is 0 Å². The molecule has 0 aliphatic rings. The zero-order valence-corrected chi connectivity index (χ0v) is 14.7. The minimum atomic E-state index is -0.437. The van der Waals surface area contributed by atoms with E-state index < -0.39 is 4.92 Å². The molecule has 0 unspecified atom stereocenters. The van der Waals surface area contributed by atoms with Gasteiger partial charge >= 0.3 is 0 Å². The van der Waals surface area contributed by atoms with Crippen molar-refractivity contribution in [1.29, 1.82) is 0 Å². The van der Waals surface area contributed by atoms with E-state index in [1.54, 1.807) is 35.6 Å². The van der Waals surface area contributed by atoms with Crippen molar-refractivity contribution in [2.45, 2.75) is 0 Å². The normalized spacial score (nSPS) is 10.6. The first-order valence-corrected chi connectivity index (χ1v) is 9.11. The van der Waals surface area contributed by atoms with E-state index in [9.17, 15) is 10.1 Å². The van der Waals surface area contributed by atoms with E-state index in [1.165, 1.54) is 23.5 Å². The van der Waals surface area contributed by atoms with Crippen LogP contribution in [0, 0.1) is 10.1 Å². The van der Waals surface area contributed by atoms with E-state index in [0.717, 1.165) is 9.88 Å². The molecule has 3 aromatic heterocycles. The number of aromatic nitrogens is 4. The lowest BCUT2D eigenvalue weighted by Crippen LogP contribution is -1.96. The van der Waals surface area contributed by atoms with Gasteiger partial charge in [-0.1, -0.05) is 29.5 Å². The first-order chi connectivity index (χ1) is 12.7. The molecule has 0 aliphatic carbocycles. The quantitative estimate of drug-likeness (QED) is 0.403. The highest BCUT2D eigenvalue weighted by Crippen LogP contribution is 2.31. The summed E-state index contributed by atoms with van der Waals surface area (Å²) in [5, 5.41) is 33.9. The average Bonchev–Trinajstić information content (AvgIpc) is 3.34. The summed E-state index contributed by atoms with van der Waals surface area (Å²) in [4.78, 5) is 11.5.